The van der Waals surface area contributed by atoms with E-state index in [0.717, 1.165) is 0 Å². The molecule has 0 bridgehead atoms. The maximum Gasteiger partial charge on any atom is 0.0541 e. The van der Waals surface area contributed by atoms with Gasteiger partial charge in [-0.1, -0.05) is 135 Å². The van der Waals surface area contributed by atoms with Gasteiger partial charge in [0.05, 0.1) is 22.1 Å². The fourth-order valence-electron chi connectivity index (χ4n) is 9.85. The van der Waals surface area contributed by atoms with Crippen molar-refractivity contribution in [3.63, 3.8) is 0 Å². The van der Waals surface area contributed by atoms with Gasteiger partial charge in [0.1, 0.15) is 0 Å². The van der Waals surface area contributed by atoms with Crippen LogP contribution in [0.3, 0.4) is 0 Å². The molecule has 0 saturated carbocycles. The highest BCUT2D eigenvalue weighted by atomic mass is 15.0. The predicted octanol–water partition coefficient (Wildman–Crippen LogP) is 14.7. The summed E-state index contributed by atoms with van der Waals surface area (Å²) in [4.78, 5) is 0. The second-order valence-corrected chi connectivity index (χ2v) is 16.2. The summed E-state index contributed by atoms with van der Waals surface area (Å²) in [5.41, 5.74) is 17.5. The van der Waals surface area contributed by atoms with Gasteiger partial charge in [-0.05, 0) is 128 Å². The molecule has 0 fully saturated rings. The monoisotopic (exact) mass is 726 g/mol. The highest BCUT2D eigenvalue weighted by molar-refractivity contribution is 6.12. The van der Waals surface area contributed by atoms with Crippen molar-refractivity contribution in [1.82, 2.24) is 9.13 Å². The van der Waals surface area contributed by atoms with Gasteiger partial charge in [-0.15, -0.1) is 0 Å². The fraction of sp³-hybridized carbons (Fsp3) is 0.0545. The Morgan fingerprint density at radius 3 is 1.37 bits per heavy atom. The van der Waals surface area contributed by atoms with Crippen LogP contribution < -0.4 is 0 Å². The quantitative estimate of drug-likeness (QED) is 0.171. The number of fused-ring (bicyclic) bond motifs is 10. The summed E-state index contributed by atoms with van der Waals surface area (Å²) >= 11 is 0. The van der Waals surface area contributed by atoms with Crippen LogP contribution in [-0.4, -0.2) is 9.13 Å². The summed E-state index contributed by atoms with van der Waals surface area (Å²) in [6.45, 7) is 4.78. The molecule has 0 N–H and O–H groups in total. The Labute approximate surface area is 331 Å². The fourth-order valence-corrected chi connectivity index (χ4v) is 9.85. The third kappa shape index (κ3) is 4.71. The molecule has 2 nitrogen and oxygen atoms in total. The van der Waals surface area contributed by atoms with E-state index in [1.54, 1.807) is 0 Å². The smallest absolute Gasteiger partial charge is 0.0541 e. The number of rotatable bonds is 4. The lowest BCUT2D eigenvalue weighted by Gasteiger charge is -2.22. The molecule has 2 heteroatoms. The maximum atomic E-state index is 2.45. The number of aromatic nitrogens is 2. The molecule has 0 radical (unpaired) electrons. The van der Waals surface area contributed by atoms with Crippen molar-refractivity contribution < 1.29 is 0 Å². The lowest BCUT2D eigenvalue weighted by Crippen LogP contribution is -2.15. The van der Waals surface area contributed by atoms with Crippen molar-refractivity contribution in [3.8, 4) is 44.8 Å². The SMILES string of the molecule is CC1(C)c2cc(-c3ccc4c(c3)c3ccccc3n4-c3ccccc3)ccc2-c2ccc(-c3ccc4c(c3)c3ccccc3n4-c3ccc4ccccc4c3)cc21. The van der Waals surface area contributed by atoms with Gasteiger partial charge in [-0.2, -0.15) is 0 Å². The first-order chi connectivity index (χ1) is 28.0. The van der Waals surface area contributed by atoms with E-state index in [4.69, 9.17) is 0 Å². The molecular weight excluding hydrogens is 689 g/mol. The lowest BCUT2D eigenvalue weighted by molar-refractivity contribution is 0.661. The lowest BCUT2D eigenvalue weighted by atomic mass is 9.80. The largest absolute Gasteiger partial charge is 0.309 e. The Kier molecular flexibility index (Phi) is 6.72. The third-order valence-electron chi connectivity index (χ3n) is 12.7. The summed E-state index contributed by atoms with van der Waals surface area (Å²) in [7, 11) is 0. The van der Waals surface area contributed by atoms with Crippen molar-refractivity contribution in [1.29, 1.82) is 0 Å². The first-order valence-electron chi connectivity index (χ1n) is 19.9. The Morgan fingerprint density at radius 1 is 0.316 bits per heavy atom. The van der Waals surface area contributed by atoms with Gasteiger partial charge in [0, 0.05) is 38.3 Å². The minimum absolute atomic E-state index is 0.152. The van der Waals surface area contributed by atoms with Gasteiger partial charge in [0.25, 0.3) is 0 Å². The van der Waals surface area contributed by atoms with E-state index >= 15 is 0 Å². The summed E-state index contributed by atoms with van der Waals surface area (Å²) in [5.74, 6) is 0. The minimum atomic E-state index is -0.152. The van der Waals surface area contributed by atoms with Crippen molar-refractivity contribution >= 4 is 54.4 Å². The number of benzene rings is 9. The van der Waals surface area contributed by atoms with E-state index < -0.39 is 0 Å². The highest BCUT2D eigenvalue weighted by Crippen LogP contribution is 2.51. The average molecular weight is 727 g/mol. The van der Waals surface area contributed by atoms with E-state index in [-0.39, 0.29) is 5.41 Å². The number of nitrogens with zero attached hydrogens (tertiary/aromatic N) is 2. The van der Waals surface area contributed by atoms with Crippen molar-refractivity contribution in [2.45, 2.75) is 19.3 Å². The maximum absolute atomic E-state index is 2.45. The topological polar surface area (TPSA) is 9.86 Å². The molecule has 2 aromatic heterocycles. The van der Waals surface area contributed by atoms with Crippen LogP contribution in [0.1, 0.15) is 25.0 Å². The Bertz CT molecular complexity index is 3430. The Balaban J connectivity index is 0.936. The minimum Gasteiger partial charge on any atom is -0.309 e. The highest BCUT2D eigenvalue weighted by Gasteiger charge is 2.36. The molecule has 0 atom stereocenters. The first-order valence-corrected chi connectivity index (χ1v) is 19.9. The predicted molar refractivity (Wildman–Crippen MR) is 241 cm³/mol. The van der Waals surface area contributed by atoms with E-state index in [9.17, 15) is 0 Å². The standard InChI is InChI=1S/C55H38N2/c1-55(2)49-33-39(37-23-28-53-47(31-37)45-16-8-10-18-51(45)56(53)41-14-4-3-5-15-41)21-26-43(49)44-27-22-40(34-50(44)55)38-24-29-54-48(32-38)46-17-9-11-19-52(46)57(54)42-25-20-35-12-6-7-13-36(35)30-42/h3-34H,1-2H3. The van der Waals surface area contributed by atoms with Crippen LogP contribution in [0.25, 0.3) is 99.1 Å². The second-order valence-electron chi connectivity index (χ2n) is 16.2. The average Bonchev–Trinajstić information content (AvgIpc) is 3.86. The zero-order valence-electron chi connectivity index (χ0n) is 31.9. The molecule has 0 unspecified atom stereocenters. The zero-order valence-corrected chi connectivity index (χ0v) is 31.9. The summed E-state index contributed by atoms with van der Waals surface area (Å²) in [6, 6.07) is 71.9. The van der Waals surface area contributed by atoms with Crippen molar-refractivity contribution in [2.24, 2.45) is 0 Å². The van der Waals surface area contributed by atoms with E-state index in [2.05, 4.69) is 217 Å². The first kappa shape index (κ1) is 32.1. The molecule has 0 spiro atoms. The molecule has 11 aromatic rings. The molecule has 1 aliphatic rings. The van der Waals surface area contributed by atoms with E-state index in [1.165, 1.54) is 110 Å². The van der Waals surface area contributed by atoms with Gasteiger partial charge in [-0.3, -0.25) is 0 Å². The molecule has 0 aliphatic heterocycles. The number of hydrogen-bond acceptors (Lipinski definition) is 0. The molecule has 0 amide bonds. The Morgan fingerprint density at radius 2 is 0.772 bits per heavy atom. The molecule has 9 aromatic carbocycles. The van der Waals surface area contributed by atoms with E-state index in [1.807, 2.05) is 0 Å². The molecule has 12 rings (SSSR count). The van der Waals surface area contributed by atoms with Gasteiger partial charge in [-0.25, -0.2) is 0 Å². The van der Waals surface area contributed by atoms with Gasteiger partial charge in [0.2, 0.25) is 0 Å². The van der Waals surface area contributed by atoms with Crippen LogP contribution in [0.5, 0.6) is 0 Å². The molecule has 57 heavy (non-hydrogen) atoms. The van der Waals surface area contributed by atoms with Crippen LogP contribution >= 0.6 is 0 Å². The second kappa shape index (κ2) is 11.9. The normalized spacial score (nSPS) is 13.2. The molecule has 1 aliphatic carbocycles. The van der Waals surface area contributed by atoms with Crippen LogP contribution in [0.15, 0.2) is 194 Å². The zero-order chi connectivity index (χ0) is 37.8. The van der Waals surface area contributed by atoms with Crippen LogP contribution in [0, 0.1) is 0 Å². The van der Waals surface area contributed by atoms with E-state index in [0.29, 0.717) is 0 Å². The van der Waals surface area contributed by atoms with Crippen LogP contribution in [-0.2, 0) is 5.41 Å². The van der Waals surface area contributed by atoms with Crippen LogP contribution in [0.4, 0.5) is 0 Å². The number of para-hydroxylation sites is 3. The van der Waals surface area contributed by atoms with Crippen molar-refractivity contribution in [2.75, 3.05) is 0 Å². The Hall–Kier alpha value is -7.16. The summed E-state index contributed by atoms with van der Waals surface area (Å²) in [5, 5.41) is 7.60. The van der Waals surface area contributed by atoms with Gasteiger partial charge < -0.3 is 9.13 Å². The summed E-state index contributed by atoms with van der Waals surface area (Å²) in [6.07, 6.45) is 0. The van der Waals surface area contributed by atoms with Gasteiger partial charge >= 0.3 is 0 Å². The summed E-state index contributed by atoms with van der Waals surface area (Å²) < 4.78 is 4.80. The third-order valence-corrected chi connectivity index (χ3v) is 12.7. The molecule has 0 saturated heterocycles. The van der Waals surface area contributed by atoms with Crippen LogP contribution in [0.2, 0.25) is 0 Å². The molecule has 268 valence electrons. The van der Waals surface area contributed by atoms with Gasteiger partial charge in [0.15, 0.2) is 0 Å². The number of hydrogen-bond donors (Lipinski definition) is 0. The molecule has 2 heterocycles. The molecular formula is C55H38N2. The van der Waals surface area contributed by atoms with Crippen molar-refractivity contribution in [3.05, 3.63) is 205 Å².